The molecule has 2 aliphatic carbocycles. The van der Waals surface area contributed by atoms with Gasteiger partial charge in [0.15, 0.2) is 23.0 Å². The fourth-order valence-corrected chi connectivity index (χ4v) is 9.25. The van der Waals surface area contributed by atoms with Gasteiger partial charge in [-0.05, 0) is 164 Å². The van der Waals surface area contributed by atoms with E-state index in [1.54, 1.807) is 0 Å². The Morgan fingerprint density at radius 3 is 1.44 bits per heavy atom. The smallest absolute Gasteiger partial charge is 0.235 e. The van der Waals surface area contributed by atoms with Gasteiger partial charge < -0.3 is 39.8 Å². The van der Waals surface area contributed by atoms with E-state index in [1.165, 1.54) is 22.3 Å². The van der Waals surface area contributed by atoms with Crippen molar-refractivity contribution in [2.24, 2.45) is 5.92 Å². The van der Waals surface area contributed by atoms with Gasteiger partial charge in [0.1, 0.15) is 0 Å². The third-order valence-corrected chi connectivity index (χ3v) is 13.3. The fraction of sp³-hybridized carbons (Fsp3) is 0.321. The van der Waals surface area contributed by atoms with E-state index in [4.69, 9.17) is 18.9 Å². The van der Waals surface area contributed by atoms with Crippen molar-refractivity contribution in [3.05, 3.63) is 155 Å². The van der Waals surface area contributed by atoms with Gasteiger partial charge in [-0.2, -0.15) is 0 Å². The predicted octanol–water partition coefficient (Wildman–Crippen LogP) is 10.9. The molecule has 6 aromatic carbocycles. The summed E-state index contributed by atoms with van der Waals surface area (Å²) in [6, 6.07) is 41.2. The second-order valence-corrected chi connectivity index (χ2v) is 18.8. The van der Waals surface area contributed by atoms with Crippen molar-refractivity contribution in [1.29, 1.82) is 0 Å². The van der Waals surface area contributed by atoms with Gasteiger partial charge in [-0.3, -0.25) is 9.59 Å². The molecule has 2 amide bonds. The zero-order valence-corrected chi connectivity index (χ0v) is 38.9. The predicted molar refractivity (Wildman–Crippen MR) is 261 cm³/mol. The molecule has 10 heteroatoms. The van der Waals surface area contributed by atoms with Crippen LogP contribution in [-0.4, -0.2) is 50.9 Å². The molecule has 6 aromatic rings. The van der Waals surface area contributed by atoms with Gasteiger partial charge in [-0.25, -0.2) is 0 Å². The maximum absolute atomic E-state index is 13.4. The van der Waals surface area contributed by atoms with Crippen molar-refractivity contribution >= 4 is 23.2 Å². The van der Waals surface area contributed by atoms with E-state index < -0.39 is 10.8 Å². The summed E-state index contributed by atoms with van der Waals surface area (Å²) < 4.78 is 21.9. The molecule has 2 saturated carbocycles. The highest BCUT2D eigenvalue weighted by atomic mass is 16.7. The molecule has 3 N–H and O–H groups in total. The number of anilines is 2. The summed E-state index contributed by atoms with van der Waals surface area (Å²) in [5.41, 5.74) is 12.1. The number of hydrogen-bond donors (Lipinski definition) is 3. The first-order valence-electron chi connectivity index (χ1n) is 23.1. The van der Waals surface area contributed by atoms with Crippen LogP contribution < -0.4 is 34.9 Å². The van der Waals surface area contributed by atoms with Crippen molar-refractivity contribution in [3.8, 4) is 45.3 Å². The molecule has 2 fully saturated rings. The van der Waals surface area contributed by atoms with Crippen LogP contribution in [0.25, 0.3) is 22.3 Å². The van der Waals surface area contributed by atoms with Crippen molar-refractivity contribution in [3.63, 3.8) is 0 Å². The third kappa shape index (κ3) is 9.52. The Morgan fingerprint density at radius 2 is 1.02 bits per heavy atom. The summed E-state index contributed by atoms with van der Waals surface area (Å²) in [4.78, 5) is 29.0. The Balaban J connectivity index is 0.000000167. The van der Waals surface area contributed by atoms with E-state index in [0.717, 1.165) is 113 Å². The molecule has 66 heavy (non-hydrogen) atoms. The molecule has 4 aliphatic rings. The minimum atomic E-state index is -0.490. The number of nitrogens with one attached hydrogen (secondary N) is 3. The Hall–Kier alpha value is -6.62. The zero-order valence-electron chi connectivity index (χ0n) is 38.9. The van der Waals surface area contributed by atoms with Gasteiger partial charge in [-0.1, -0.05) is 86.6 Å². The van der Waals surface area contributed by atoms with Gasteiger partial charge in [0.2, 0.25) is 25.4 Å². The minimum Gasteiger partial charge on any atom is -0.454 e. The fourth-order valence-electron chi connectivity index (χ4n) is 9.25. The number of carbonyl (C=O) groups is 2. The Kier molecular flexibility index (Phi) is 12.6. The van der Waals surface area contributed by atoms with Gasteiger partial charge in [0.25, 0.3) is 0 Å². The monoisotopic (exact) mass is 884 g/mol. The zero-order chi connectivity index (χ0) is 46.0. The summed E-state index contributed by atoms with van der Waals surface area (Å²) in [7, 11) is 4.11. The number of rotatable bonds is 14. The van der Waals surface area contributed by atoms with Crippen LogP contribution in [0, 0.1) is 19.8 Å². The van der Waals surface area contributed by atoms with Crippen LogP contribution in [0.1, 0.15) is 72.9 Å². The first-order valence-corrected chi connectivity index (χ1v) is 23.1. The molecule has 10 rings (SSSR count). The maximum Gasteiger partial charge on any atom is 0.235 e. The van der Waals surface area contributed by atoms with Gasteiger partial charge in [-0.15, -0.1) is 0 Å². The molecule has 340 valence electrons. The summed E-state index contributed by atoms with van der Waals surface area (Å²) in [5.74, 6) is 3.64. The van der Waals surface area contributed by atoms with E-state index in [-0.39, 0.29) is 25.4 Å². The van der Waals surface area contributed by atoms with E-state index in [1.807, 2.05) is 55.6 Å². The lowest BCUT2D eigenvalue weighted by atomic mass is 9.94. The molecule has 0 atom stereocenters. The Morgan fingerprint density at radius 1 is 0.576 bits per heavy atom. The van der Waals surface area contributed by atoms with Crippen LogP contribution in [0.2, 0.25) is 0 Å². The van der Waals surface area contributed by atoms with Gasteiger partial charge >= 0.3 is 0 Å². The average molecular weight is 885 g/mol. The second kappa shape index (κ2) is 18.7. The third-order valence-electron chi connectivity index (χ3n) is 13.3. The van der Waals surface area contributed by atoms with Crippen molar-refractivity contribution in [2.45, 2.75) is 77.3 Å². The molecular formula is C56H60N4O6. The van der Waals surface area contributed by atoms with E-state index in [2.05, 4.69) is 128 Å². The van der Waals surface area contributed by atoms with Crippen LogP contribution in [0.15, 0.2) is 121 Å². The normalized spacial score (nSPS) is 15.5. The second-order valence-electron chi connectivity index (χ2n) is 18.8. The number of fused-ring (bicyclic) bond motifs is 2. The van der Waals surface area contributed by atoms with Crippen LogP contribution in [0.5, 0.6) is 23.0 Å². The first-order chi connectivity index (χ1) is 31.9. The lowest BCUT2D eigenvalue weighted by Crippen LogP contribution is -2.27. The highest BCUT2D eigenvalue weighted by Gasteiger charge is 2.52. The SMILES string of the molecule is CNCc1ccc(-c2cc(NC(=O)C3(c4ccc5c(c4)OCO5)CC3)ccc2C)cc1.Cc1ccc(NC(=O)C2(c3ccc4c(c3)OCO4)CC2)cc1-c1ccc(CN(C)CC(C)C)cc1. The lowest BCUT2D eigenvalue weighted by Gasteiger charge is -2.19. The van der Waals surface area contributed by atoms with E-state index in [9.17, 15) is 9.59 Å². The van der Waals surface area contributed by atoms with E-state index >= 15 is 0 Å². The van der Waals surface area contributed by atoms with Crippen molar-refractivity contribution in [2.75, 3.05) is 44.9 Å². The quantitative estimate of drug-likeness (QED) is 0.0992. The largest absolute Gasteiger partial charge is 0.454 e. The van der Waals surface area contributed by atoms with Crippen molar-refractivity contribution < 1.29 is 28.5 Å². The number of aryl methyl sites for hydroxylation is 2. The average Bonchev–Trinajstić information content (AvgIpc) is 4.21. The Bertz CT molecular complexity index is 2740. The number of benzene rings is 6. The Labute approximate surface area is 388 Å². The molecule has 0 spiro atoms. The molecule has 0 radical (unpaired) electrons. The van der Waals surface area contributed by atoms with Crippen LogP contribution >= 0.6 is 0 Å². The molecule has 2 aliphatic heterocycles. The topological polar surface area (TPSA) is 110 Å². The van der Waals surface area contributed by atoms with Gasteiger partial charge in [0.05, 0.1) is 10.8 Å². The number of amides is 2. The van der Waals surface area contributed by atoms with Crippen molar-refractivity contribution in [1.82, 2.24) is 10.2 Å². The highest BCUT2D eigenvalue weighted by molar-refractivity contribution is 6.03. The molecule has 0 saturated heterocycles. The molecule has 0 bridgehead atoms. The van der Waals surface area contributed by atoms with Crippen LogP contribution in [0.3, 0.4) is 0 Å². The highest BCUT2D eigenvalue weighted by Crippen LogP contribution is 2.52. The van der Waals surface area contributed by atoms with E-state index in [0.29, 0.717) is 5.92 Å². The van der Waals surface area contributed by atoms with Crippen LogP contribution in [0.4, 0.5) is 11.4 Å². The summed E-state index contributed by atoms with van der Waals surface area (Å²) in [6.07, 6.45) is 3.35. The number of ether oxygens (including phenoxy) is 4. The van der Waals surface area contributed by atoms with Gasteiger partial charge in [0, 0.05) is 31.0 Å². The first kappa shape index (κ1) is 44.6. The maximum atomic E-state index is 13.4. The molecule has 0 aromatic heterocycles. The number of hydrogen-bond acceptors (Lipinski definition) is 8. The molecular weight excluding hydrogens is 825 g/mol. The lowest BCUT2D eigenvalue weighted by molar-refractivity contribution is -0.119. The number of carbonyl (C=O) groups excluding carboxylic acids is 2. The molecule has 10 nitrogen and oxygen atoms in total. The standard InChI is InChI=1S/C30H34N2O3.C26H26N2O3/c1-20(2)17-32(4)18-22-6-8-23(9-7-22)26-16-25(11-5-21(26)3)31-29(33)30(13-14-30)24-10-12-27-28(15-24)35-19-34-27;1-17-3-9-21(14-22(17)19-6-4-18(5-7-19)15-27-2)28-25(29)26(11-12-26)20-8-10-23-24(13-20)31-16-30-23/h5-12,15-16,20H,13-14,17-19H2,1-4H3,(H,31,33);3-10,13-14,27H,11-12,15-16H2,1-2H3,(H,28,29). The summed E-state index contributed by atoms with van der Waals surface area (Å²) in [5, 5.41) is 9.52. The minimum absolute atomic E-state index is 0.0329. The summed E-state index contributed by atoms with van der Waals surface area (Å²) >= 11 is 0. The summed E-state index contributed by atoms with van der Waals surface area (Å²) in [6.45, 7) is 12.0. The molecule has 2 heterocycles. The molecule has 0 unspecified atom stereocenters. The van der Waals surface area contributed by atoms with Crippen LogP contribution in [-0.2, 0) is 33.5 Å². The number of nitrogens with zero attached hydrogens (tertiary/aromatic N) is 1.